The van der Waals surface area contributed by atoms with E-state index in [0.29, 0.717) is 29.9 Å². The van der Waals surface area contributed by atoms with Crippen LogP contribution in [0.15, 0.2) is 24.3 Å². The number of carbonyl (C=O) groups excluding carboxylic acids is 2. The second-order valence-electron chi connectivity index (χ2n) is 6.77. The van der Waals surface area contributed by atoms with E-state index in [9.17, 15) is 9.59 Å². The minimum Gasteiger partial charge on any atom is -0.490 e. The van der Waals surface area contributed by atoms with Gasteiger partial charge in [-0.25, -0.2) is 4.79 Å². The Hall–Kier alpha value is -2.24. The molecule has 6 nitrogen and oxygen atoms in total. The lowest BCUT2D eigenvalue weighted by Gasteiger charge is -2.34. The van der Waals surface area contributed by atoms with Gasteiger partial charge in [0.25, 0.3) is 5.91 Å². The van der Waals surface area contributed by atoms with Gasteiger partial charge in [-0.05, 0) is 37.3 Å². The number of amides is 1. The predicted octanol–water partition coefficient (Wildman–Crippen LogP) is 2.95. The maximum absolute atomic E-state index is 12.0. The second kappa shape index (κ2) is 10.0. The molecular formula is C20H29NO5. The molecule has 26 heavy (non-hydrogen) atoms. The van der Waals surface area contributed by atoms with Crippen LogP contribution in [-0.4, -0.2) is 37.7 Å². The molecule has 0 spiro atoms. The number of hydrogen-bond donors (Lipinski definition) is 1. The highest BCUT2D eigenvalue weighted by molar-refractivity contribution is 5.81. The zero-order chi connectivity index (χ0) is 18.9. The summed E-state index contributed by atoms with van der Waals surface area (Å²) in [5, 5.41) is 2.98. The van der Waals surface area contributed by atoms with Gasteiger partial charge in [0, 0.05) is 6.04 Å². The maximum Gasteiger partial charge on any atom is 0.344 e. The smallest absolute Gasteiger partial charge is 0.344 e. The summed E-state index contributed by atoms with van der Waals surface area (Å²) in [6.45, 7) is 6.19. The van der Waals surface area contributed by atoms with Gasteiger partial charge < -0.3 is 19.5 Å². The van der Waals surface area contributed by atoms with Crippen LogP contribution in [0.5, 0.6) is 11.5 Å². The van der Waals surface area contributed by atoms with Crippen molar-refractivity contribution in [2.75, 3.05) is 19.8 Å². The zero-order valence-electron chi connectivity index (χ0n) is 15.8. The fourth-order valence-electron chi connectivity index (χ4n) is 3.20. The highest BCUT2D eigenvalue weighted by Gasteiger charge is 2.28. The average Bonchev–Trinajstić information content (AvgIpc) is 2.63. The van der Waals surface area contributed by atoms with Gasteiger partial charge in [0.15, 0.2) is 24.7 Å². The fourth-order valence-corrected chi connectivity index (χ4v) is 3.20. The Morgan fingerprint density at radius 3 is 2.46 bits per heavy atom. The molecule has 1 saturated carbocycles. The van der Waals surface area contributed by atoms with Crippen molar-refractivity contribution in [3.05, 3.63) is 24.3 Å². The van der Waals surface area contributed by atoms with E-state index in [4.69, 9.17) is 14.2 Å². The number of ether oxygens (including phenoxy) is 3. The Kier molecular flexibility index (Phi) is 7.75. The van der Waals surface area contributed by atoms with Crippen molar-refractivity contribution >= 4 is 11.9 Å². The summed E-state index contributed by atoms with van der Waals surface area (Å²) in [5.74, 6) is 1.22. The van der Waals surface area contributed by atoms with Crippen LogP contribution < -0.4 is 14.8 Å². The zero-order valence-corrected chi connectivity index (χ0v) is 15.8. The molecule has 3 atom stereocenters. The first-order valence-electron chi connectivity index (χ1n) is 9.30. The number of rotatable bonds is 8. The van der Waals surface area contributed by atoms with E-state index < -0.39 is 5.97 Å². The van der Waals surface area contributed by atoms with Crippen molar-refractivity contribution in [1.82, 2.24) is 5.32 Å². The van der Waals surface area contributed by atoms with Gasteiger partial charge in [0.1, 0.15) is 0 Å². The van der Waals surface area contributed by atoms with E-state index >= 15 is 0 Å². The molecule has 0 aromatic heterocycles. The topological polar surface area (TPSA) is 73.9 Å². The summed E-state index contributed by atoms with van der Waals surface area (Å²) in [6, 6.07) is 7.26. The van der Waals surface area contributed by atoms with Crippen LogP contribution in [0.25, 0.3) is 0 Å². The van der Waals surface area contributed by atoms with E-state index in [1.807, 2.05) is 13.0 Å². The van der Waals surface area contributed by atoms with Gasteiger partial charge in [-0.2, -0.15) is 0 Å². The molecule has 144 valence electrons. The monoisotopic (exact) mass is 363 g/mol. The summed E-state index contributed by atoms with van der Waals surface area (Å²) in [6.07, 6.45) is 3.29. The first kappa shape index (κ1) is 20.1. The highest BCUT2D eigenvalue weighted by Crippen LogP contribution is 2.29. The van der Waals surface area contributed by atoms with Gasteiger partial charge >= 0.3 is 5.97 Å². The molecule has 1 aliphatic carbocycles. The molecule has 3 unspecified atom stereocenters. The van der Waals surface area contributed by atoms with Crippen LogP contribution in [0, 0.1) is 11.8 Å². The minimum atomic E-state index is -0.587. The minimum absolute atomic E-state index is 0.152. The Balaban J connectivity index is 1.72. The van der Waals surface area contributed by atoms with Crippen molar-refractivity contribution in [1.29, 1.82) is 0 Å². The molecule has 2 rings (SSSR count). The summed E-state index contributed by atoms with van der Waals surface area (Å²) >= 11 is 0. The van der Waals surface area contributed by atoms with Crippen molar-refractivity contribution in [3.63, 3.8) is 0 Å². The Morgan fingerprint density at radius 2 is 1.77 bits per heavy atom. The van der Waals surface area contributed by atoms with Gasteiger partial charge in [0.2, 0.25) is 0 Å². The van der Waals surface area contributed by atoms with Crippen LogP contribution in [0.2, 0.25) is 0 Å². The molecule has 1 aromatic carbocycles. The standard InChI is InChI=1S/C20H29NO5/c1-4-24-17-10-5-6-11-18(17)25-13-20(23)26-12-19(22)21-16-9-7-8-14(2)15(16)3/h5-6,10-11,14-16H,4,7-9,12-13H2,1-3H3,(H,21,22). The number of nitrogens with one attached hydrogen (secondary N) is 1. The van der Waals surface area contributed by atoms with Crippen molar-refractivity contribution in [3.8, 4) is 11.5 Å². The lowest BCUT2D eigenvalue weighted by molar-refractivity contribution is -0.150. The molecule has 6 heteroatoms. The summed E-state index contributed by atoms with van der Waals surface area (Å²) in [7, 11) is 0. The molecule has 0 radical (unpaired) electrons. The van der Waals surface area contributed by atoms with E-state index in [2.05, 4.69) is 19.2 Å². The van der Waals surface area contributed by atoms with Gasteiger partial charge in [-0.3, -0.25) is 4.79 Å². The summed E-state index contributed by atoms with van der Waals surface area (Å²) < 4.78 is 15.9. The molecule has 1 amide bonds. The van der Waals surface area contributed by atoms with E-state index in [-0.39, 0.29) is 25.2 Å². The largest absolute Gasteiger partial charge is 0.490 e. The SMILES string of the molecule is CCOc1ccccc1OCC(=O)OCC(=O)NC1CCCC(C)C1C. The third-order valence-corrected chi connectivity index (χ3v) is 4.91. The summed E-state index contributed by atoms with van der Waals surface area (Å²) in [4.78, 5) is 23.9. The predicted molar refractivity (Wildman–Crippen MR) is 98.2 cm³/mol. The van der Waals surface area contributed by atoms with Crippen LogP contribution in [-0.2, 0) is 14.3 Å². The van der Waals surface area contributed by atoms with Crippen molar-refractivity contribution in [2.45, 2.75) is 46.1 Å². The second-order valence-corrected chi connectivity index (χ2v) is 6.77. The van der Waals surface area contributed by atoms with Crippen molar-refractivity contribution < 1.29 is 23.8 Å². The molecule has 1 fully saturated rings. The fraction of sp³-hybridized carbons (Fsp3) is 0.600. The third kappa shape index (κ3) is 5.93. The normalized spacial score (nSPS) is 22.3. The van der Waals surface area contributed by atoms with Gasteiger partial charge in [-0.15, -0.1) is 0 Å². The van der Waals surface area contributed by atoms with E-state index in [0.717, 1.165) is 12.8 Å². The van der Waals surface area contributed by atoms with E-state index in [1.54, 1.807) is 18.2 Å². The Bertz CT molecular complexity index is 604. The van der Waals surface area contributed by atoms with Crippen LogP contribution in [0.1, 0.15) is 40.0 Å². The molecule has 1 aliphatic rings. The van der Waals surface area contributed by atoms with Gasteiger partial charge in [-0.1, -0.05) is 38.8 Å². The first-order chi connectivity index (χ1) is 12.5. The highest BCUT2D eigenvalue weighted by atomic mass is 16.6. The average molecular weight is 363 g/mol. The van der Waals surface area contributed by atoms with Crippen LogP contribution in [0.4, 0.5) is 0 Å². The van der Waals surface area contributed by atoms with Gasteiger partial charge in [0.05, 0.1) is 6.61 Å². The number of benzene rings is 1. The summed E-state index contributed by atoms with van der Waals surface area (Å²) in [5.41, 5.74) is 0. The van der Waals surface area contributed by atoms with Crippen LogP contribution >= 0.6 is 0 Å². The number of esters is 1. The lowest BCUT2D eigenvalue weighted by atomic mass is 9.78. The molecule has 0 saturated heterocycles. The van der Waals surface area contributed by atoms with Crippen molar-refractivity contribution in [2.24, 2.45) is 11.8 Å². The number of para-hydroxylation sites is 2. The molecule has 1 aromatic rings. The molecule has 1 N–H and O–H groups in total. The number of carbonyl (C=O) groups is 2. The number of hydrogen-bond acceptors (Lipinski definition) is 5. The third-order valence-electron chi connectivity index (χ3n) is 4.91. The van der Waals surface area contributed by atoms with E-state index in [1.165, 1.54) is 6.42 Å². The first-order valence-corrected chi connectivity index (χ1v) is 9.30. The Labute approximate surface area is 155 Å². The molecule has 0 aliphatic heterocycles. The lowest BCUT2D eigenvalue weighted by Crippen LogP contribution is -2.45. The molecular weight excluding hydrogens is 334 g/mol. The Morgan fingerprint density at radius 1 is 1.08 bits per heavy atom. The molecule has 0 heterocycles. The quantitative estimate of drug-likeness (QED) is 0.719. The van der Waals surface area contributed by atoms with Crippen LogP contribution in [0.3, 0.4) is 0 Å². The maximum atomic E-state index is 12.0. The molecule has 0 bridgehead atoms.